The number of rotatable bonds is 4. The second-order valence-electron chi connectivity index (χ2n) is 7.38. The molecule has 1 amide bonds. The third-order valence-electron chi connectivity index (χ3n) is 5.22. The van der Waals surface area contributed by atoms with Gasteiger partial charge in [-0.2, -0.15) is 10.5 Å². The highest BCUT2D eigenvalue weighted by Crippen LogP contribution is 2.38. The van der Waals surface area contributed by atoms with Crippen molar-refractivity contribution in [2.45, 2.75) is 31.6 Å². The maximum Gasteiger partial charge on any atom is 0.251 e. The molecule has 1 aromatic heterocycles. The molecule has 0 bridgehead atoms. The number of halogens is 1. The second kappa shape index (κ2) is 9.09. The van der Waals surface area contributed by atoms with Gasteiger partial charge in [0.2, 0.25) is 0 Å². The van der Waals surface area contributed by atoms with E-state index >= 15 is 0 Å². The standard InChI is InChI=1S/C22H20FN5O3/c23-18-7-17-19(31-12-15-4-13(8-24)10-27-21(15)17)6-14(18)5-16(9-25)28-22(29)20-11-26-2-1-3-30-20/h4,6-7,10,16,20,26H,1-3,5,11-12H2,(H,28,29). The van der Waals surface area contributed by atoms with Crippen molar-refractivity contribution in [1.82, 2.24) is 15.6 Å². The van der Waals surface area contributed by atoms with Crippen LogP contribution in [-0.2, 0) is 22.6 Å². The first kappa shape index (κ1) is 20.7. The number of ether oxygens (including phenoxy) is 2. The second-order valence-corrected chi connectivity index (χ2v) is 7.38. The molecule has 1 fully saturated rings. The summed E-state index contributed by atoms with van der Waals surface area (Å²) in [6.07, 6.45) is 1.54. The molecular weight excluding hydrogens is 401 g/mol. The van der Waals surface area contributed by atoms with Crippen molar-refractivity contribution in [3.05, 3.63) is 46.9 Å². The van der Waals surface area contributed by atoms with Gasteiger partial charge in [0.15, 0.2) is 0 Å². The average molecular weight is 421 g/mol. The molecule has 3 heterocycles. The van der Waals surface area contributed by atoms with Gasteiger partial charge in [-0.25, -0.2) is 4.39 Å². The third-order valence-corrected chi connectivity index (χ3v) is 5.22. The van der Waals surface area contributed by atoms with E-state index in [1.54, 1.807) is 6.07 Å². The summed E-state index contributed by atoms with van der Waals surface area (Å²) >= 11 is 0. The van der Waals surface area contributed by atoms with Crippen molar-refractivity contribution >= 4 is 5.91 Å². The average Bonchev–Trinajstić information content (AvgIpc) is 3.08. The zero-order valence-electron chi connectivity index (χ0n) is 16.7. The van der Waals surface area contributed by atoms with Crippen LogP contribution >= 0.6 is 0 Å². The summed E-state index contributed by atoms with van der Waals surface area (Å²) in [4.78, 5) is 16.7. The van der Waals surface area contributed by atoms with E-state index in [9.17, 15) is 14.4 Å². The van der Waals surface area contributed by atoms with Crippen LogP contribution in [-0.4, -0.2) is 42.7 Å². The molecule has 31 heavy (non-hydrogen) atoms. The number of amides is 1. The van der Waals surface area contributed by atoms with Gasteiger partial charge in [-0.05, 0) is 36.7 Å². The van der Waals surface area contributed by atoms with E-state index in [1.807, 2.05) is 12.1 Å². The van der Waals surface area contributed by atoms with Gasteiger partial charge in [0.25, 0.3) is 5.91 Å². The third kappa shape index (κ3) is 4.48. The lowest BCUT2D eigenvalue weighted by atomic mass is 9.97. The van der Waals surface area contributed by atoms with Gasteiger partial charge < -0.3 is 20.1 Å². The van der Waals surface area contributed by atoms with Crippen molar-refractivity contribution in [1.29, 1.82) is 10.5 Å². The highest BCUT2D eigenvalue weighted by Gasteiger charge is 2.26. The SMILES string of the molecule is N#Cc1cnc2c(c1)COc1cc(CC(C#N)NC(=O)C3CNCCCO3)c(F)cc1-2. The Balaban J connectivity index is 1.52. The first-order chi connectivity index (χ1) is 15.1. The van der Waals surface area contributed by atoms with E-state index in [4.69, 9.17) is 14.7 Å². The van der Waals surface area contributed by atoms with Crippen LogP contribution in [0.4, 0.5) is 4.39 Å². The number of benzene rings is 1. The molecule has 2 aliphatic heterocycles. The normalized spacial score (nSPS) is 18.2. The quantitative estimate of drug-likeness (QED) is 0.769. The largest absolute Gasteiger partial charge is 0.488 e. The number of aromatic nitrogens is 1. The van der Waals surface area contributed by atoms with Gasteiger partial charge in [-0.3, -0.25) is 9.78 Å². The number of fused-ring (bicyclic) bond motifs is 3. The van der Waals surface area contributed by atoms with Crippen LogP contribution in [0.25, 0.3) is 11.3 Å². The molecule has 1 saturated heterocycles. The molecule has 2 N–H and O–H groups in total. The Morgan fingerprint density at radius 1 is 1.39 bits per heavy atom. The molecule has 0 saturated carbocycles. The molecule has 8 nitrogen and oxygen atoms in total. The van der Waals surface area contributed by atoms with E-state index in [0.29, 0.717) is 41.3 Å². The van der Waals surface area contributed by atoms with Crippen molar-refractivity contribution in [2.24, 2.45) is 0 Å². The number of hydrogen-bond acceptors (Lipinski definition) is 7. The summed E-state index contributed by atoms with van der Waals surface area (Å²) in [6, 6.07) is 7.64. The first-order valence-electron chi connectivity index (χ1n) is 9.96. The molecule has 2 unspecified atom stereocenters. The Morgan fingerprint density at radius 2 is 2.26 bits per heavy atom. The fourth-order valence-corrected chi connectivity index (χ4v) is 3.63. The molecule has 0 radical (unpaired) electrons. The summed E-state index contributed by atoms with van der Waals surface area (Å²) in [5.41, 5.74) is 2.42. The van der Waals surface area contributed by atoms with E-state index < -0.39 is 23.9 Å². The first-order valence-corrected chi connectivity index (χ1v) is 9.96. The van der Waals surface area contributed by atoms with Gasteiger partial charge in [-0.15, -0.1) is 0 Å². The van der Waals surface area contributed by atoms with Crippen molar-refractivity contribution in [2.75, 3.05) is 19.7 Å². The summed E-state index contributed by atoms with van der Waals surface area (Å²) in [5.74, 6) is -0.481. The number of carbonyl (C=O) groups is 1. The number of nitrogens with zero attached hydrogens (tertiary/aromatic N) is 3. The van der Waals surface area contributed by atoms with Crippen LogP contribution in [0.1, 0.15) is 23.1 Å². The zero-order valence-corrected chi connectivity index (χ0v) is 16.7. The molecular formula is C22H20FN5O3. The lowest BCUT2D eigenvalue weighted by Gasteiger charge is -2.22. The zero-order chi connectivity index (χ0) is 21.8. The molecule has 0 aliphatic carbocycles. The Labute approximate surface area is 178 Å². The molecule has 9 heteroatoms. The molecule has 1 aromatic carbocycles. The Morgan fingerprint density at radius 3 is 3.06 bits per heavy atom. The Kier molecular flexibility index (Phi) is 6.08. The maximum atomic E-state index is 14.9. The van der Waals surface area contributed by atoms with E-state index in [0.717, 1.165) is 13.0 Å². The van der Waals surface area contributed by atoms with Crippen molar-refractivity contribution < 1.29 is 18.7 Å². The van der Waals surface area contributed by atoms with E-state index in [-0.39, 0.29) is 18.6 Å². The minimum absolute atomic E-state index is 0.0154. The number of hydrogen-bond donors (Lipinski definition) is 2. The molecule has 4 rings (SSSR count). The lowest BCUT2D eigenvalue weighted by Crippen LogP contribution is -2.46. The minimum Gasteiger partial charge on any atom is -0.488 e. The van der Waals surface area contributed by atoms with Crippen LogP contribution in [0.2, 0.25) is 0 Å². The van der Waals surface area contributed by atoms with E-state index in [1.165, 1.54) is 18.3 Å². The number of nitriles is 2. The van der Waals surface area contributed by atoms with E-state index in [2.05, 4.69) is 15.6 Å². The van der Waals surface area contributed by atoms with Crippen LogP contribution in [0.15, 0.2) is 24.4 Å². The number of nitrogens with one attached hydrogen (secondary N) is 2. The fourth-order valence-electron chi connectivity index (χ4n) is 3.63. The van der Waals surface area contributed by atoms with Crippen LogP contribution in [0.5, 0.6) is 5.75 Å². The fraction of sp³-hybridized carbons (Fsp3) is 0.364. The summed E-state index contributed by atoms with van der Waals surface area (Å²) in [6.45, 7) is 1.80. The van der Waals surface area contributed by atoms with Crippen LogP contribution in [0, 0.1) is 28.5 Å². The smallest absolute Gasteiger partial charge is 0.251 e. The number of pyridine rings is 1. The number of carbonyl (C=O) groups excluding carboxylic acids is 1. The minimum atomic E-state index is -0.918. The molecule has 2 aliphatic rings. The van der Waals surface area contributed by atoms with Crippen molar-refractivity contribution in [3.8, 4) is 29.1 Å². The van der Waals surface area contributed by atoms with Crippen LogP contribution < -0.4 is 15.4 Å². The topological polar surface area (TPSA) is 120 Å². The molecule has 0 spiro atoms. The summed E-state index contributed by atoms with van der Waals surface area (Å²) in [5, 5.41) is 24.3. The van der Waals surface area contributed by atoms with Gasteiger partial charge in [0.1, 0.15) is 36.4 Å². The van der Waals surface area contributed by atoms with Gasteiger partial charge in [0, 0.05) is 36.9 Å². The van der Waals surface area contributed by atoms with Gasteiger partial charge in [0.05, 0.1) is 17.3 Å². The maximum absolute atomic E-state index is 14.9. The van der Waals surface area contributed by atoms with Gasteiger partial charge >= 0.3 is 0 Å². The molecule has 158 valence electrons. The monoisotopic (exact) mass is 421 g/mol. The Bertz CT molecular complexity index is 1080. The molecule has 2 aromatic rings. The van der Waals surface area contributed by atoms with Crippen LogP contribution in [0.3, 0.4) is 0 Å². The lowest BCUT2D eigenvalue weighted by molar-refractivity contribution is -0.132. The van der Waals surface area contributed by atoms with Gasteiger partial charge in [-0.1, -0.05) is 0 Å². The highest BCUT2D eigenvalue weighted by atomic mass is 19.1. The Hall–Kier alpha value is -3.53. The highest BCUT2D eigenvalue weighted by molar-refractivity contribution is 5.81. The van der Waals surface area contributed by atoms with Crippen molar-refractivity contribution in [3.63, 3.8) is 0 Å². The predicted octanol–water partition coefficient (Wildman–Crippen LogP) is 1.58. The summed E-state index contributed by atoms with van der Waals surface area (Å²) < 4.78 is 26.1. The summed E-state index contributed by atoms with van der Waals surface area (Å²) in [7, 11) is 0. The molecule has 2 atom stereocenters. The predicted molar refractivity (Wildman–Crippen MR) is 107 cm³/mol.